The van der Waals surface area contributed by atoms with Crippen LogP contribution in [0.1, 0.15) is 12.8 Å². The van der Waals surface area contributed by atoms with Gasteiger partial charge in [0, 0.05) is 31.7 Å². The van der Waals surface area contributed by atoms with Gasteiger partial charge in [-0.25, -0.2) is 0 Å². The molecule has 2 rings (SSSR count). The number of piperidine rings is 1. The Bertz CT molecular complexity index is 225. The van der Waals surface area contributed by atoms with Crippen molar-refractivity contribution in [3.63, 3.8) is 0 Å². The molecule has 0 aromatic heterocycles. The maximum atomic E-state index is 3.69. The Morgan fingerprint density at radius 2 is 1.82 bits per heavy atom. The molecule has 2 saturated heterocycles. The number of nitrogens with one attached hydrogen (secondary N) is 2. The summed E-state index contributed by atoms with van der Waals surface area (Å²) >= 11 is 0. The van der Waals surface area contributed by atoms with E-state index >= 15 is 0 Å². The largest absolute Gasteiger partial charge is 0.315 e. The zero-order valence-corrected chi connectivity index (χ0v) is 11.6. The monoisotopic (exact) mass is 240 g/mol. The second-order valence-electron chi connectivity index (χ2n) is 5.78. The van der Waals surface area contributed by atoms with Crippen molar-refractivity contribution in [2.24, 2.45) is 5.92 Å². The Labute approximate surface area is 106 Å². The highest BCUT2D eigenvalue weighted by Crippen LogP contribution is 2.22. The Morgan fingerprint density at radius 1 is 1.12 bits per heavy atom. The van der Waals surface area contributed by atoms with E-state index < -0.39 is 0 Å². The molecule has 0 aliphatic carbocycles. The van der Waals surface area contributed by atoms with Gasteiger partial charge in [0.1, 0.15) is 0 Å². The van der Waals surface area contributed by atoms with Crippen LogP contribution in [-0.2, 0) is 0 Å². The molecule has 0 spiro atoms. The number of likely N-dealkylation sites (tertiary alicyclic amines) is 1. The fourth-order valence-electron chi connectivity index (χ4n) is 3.33. The third-order valence-electron chi connectivity index (χ3n) is 4.45. The Hall–Kier alpha value is -0.160. The van der Waals surface area contributed by atoms with Gasteiger partial charge in [0.15, 0.2) is 0 Å². The third-order valence-corrected chi connectivity index (χ3v) is 4.45. The van der Waals surface area contributed by atoms with Crippen LogP contribution in [0.4, 0.5) is 0 Å². The predicted octanol–water partition coefficient (Wildman–Crippen LogP) is -0.180. The van der Waals surface area contributed by atoms with Crippen molar-refractivity contribution in [2.45, 2.75) is 24.9 Å². The molecule has 2 aliphatic heterocycles. The van der Waals surface area contributed by atoms with Gasteiger partial charge in [-0.15, -0.1) is 0 Å². The fraction of sp³-hybridized carbons (Fsp3) is 1.00. The van der Waals surface area contributed by atoms with E-state index in [-0.39, 0.29) is 0 Å². The molecular formula is C13H28N4. The lowest BCUT2D eigenvalue weighted by atomic mass is 9.85. The molecule has 2 atom stereocenters. The van der Waals surface area contributed by atoms with Crippen LogP contribution in [0.2, 0.25) is 0 Å². The molecule has 2 N–H and O–H groups in total. The van der Waals surface area contributed by atoms with Crippen LogP contribution in [0.15, 0.2) is 0 Å². The molecule has 0 radical (unpaired) electrons. The molecule has 0 amide bonds. The van der Waals surface area contributed by atoms with Gasteiger partial charge >= 0.3 is 0 Å². The number of hydrogen-bond donors (Lipinski definition) is 2. The van der Waals surface area contributed by atoms with Crippen molar-refractivity contribution in [3.8, 4) is 0 Å². The highest BCUT2D eigenvalue weighted by Gasteiger charge is 2.32. The smallest absolute Gasteiger partial charge is 0.0352 e. The third kappa shape index (κ3) is 3.41. The van der Waals surface area contributed by atoms with Crippen molar-refractivity contribution < 1.29 is 0 Å². The van der Waals surface area contributed by atoms with Crippen molar-refractivity contribution >= 4 is 0 Å². The number of rotatable bonds is 3. The summed E-state index contributed by atoms with van der Waals surface area (Å²) in [6.07, 6.45) is 2.67. The normalized spacial score (nSPS) is 31.6. The highest BCUT2D eigenvalue weighted by molar-refractivity contribution is 4.92. The van der Waals surface area contributed by atoms with Gasteiger partial charge in [-0.2, -0.15) is 0 Å². The summed E-state index contributed by atoms with van der Waals surface area (Å²) in [5.74, 6) is 0.834. The summed E-state index contributed by atoms with van der Waals surface area (Å²) in [5.41, 5.74) is 0. The van der Waals surface area contributed by atoms with Gasteiger partial charge in [0.2, 0.25) is 0 Å². The molecule has 0 aromatic carbocycles. The van der Waals surface area contributed by atoms with Crippen molar-refractivity contribution in [1.29, 1.82) is 0 Å². The SMILES string of the molecule is CNC(C1CCN(C)CC1)C1CN(C)CCN1. The first kappa shape index (κ1) is 13.3. The first-order chi connectivity index (χ1) is 8.20. The van der Waals surface area contributed by atoms with Crippen LogP contribution >= 0.6 is 0 Å². The van der Waals surface area contributed by atoms with E-state index in [1.807, 2.05) is 0 Å². The average molecular weight is 240 g/mol. The lowest BCUT2D eigenvalue weighted by Gasteiger charge is -2.42. The minimum atomic E-state index is 0.618. The van der Waals surface area contributed by atoms with Crippen molar-refractivity contribution in [2.75, 3.05) is 53.9 Å². The van der Waals surface area contributed by atoms with Gasteiger partial charge in [0.25, 0.3) is 0 Å². The van der Waals surface area contributed by atoms with E-state index in [0.717, 1.165) is 12.5 Å². The minimum Gasteiger partial charge on any atom is -0.315 e. The lowest BCUT2D eigenvalue weighted by Crippen LogP contribution is -2.60. The van der Waals surface area contributed by atoms with E-state index in [4.69, 9.17) is 0 Å². The molecule has 2 fully saturated rings. The first-order valence-corrected chi connectivity index (χ1v) is 6.98. The summed E-state index contributed by atoms with van der Waals surface area (Å²) in [4.78, 5) is 4.89. The zero-order chi connectivity index (χ0) is 12.3. The molecule has 2 heterocycles. The van der Waals surface area contributed by atoms with E-state index in [9.17, 15) is 0 Å². The lowest BCUT2D eigenvalue weighted by molar-refractivity contribution is 0.136. The van der Waals surface area contributed by atoms with Crippen molar-refractivity contribution in [1.82, 2.24) is 20.4 Å². The predicted molar refractivity (Wildman–Crippen MR) is 72.4 cm³/mol. The van der Waals surface area contributed by atoms with Gasteiger partial charge in [-0.05, 0) is 53.0 Å². The van der Waals surface area contributed by atoms with Crippen LogP contribution in [0, 0.1) is 5.92 Å². The van der Waals surface area contributed by atoms with Gasteiger partial charge < -0.3 is 20.4 Å². The summed E-state index contributed by atoms with van der Waals surface area (Å²) < 4.78 is 0. The summed E-state index contributed by atoms with van der Waals surface area (Å²) in [5, 5.41) is 7.26. The molecule has 2 unspecified atom stereocenters. The van der Waals surface area contributed by atoms with Gasteiger partial charge in [0.05, 0.1) is 0 Å². The van der Waals surface area contributed by atoms with E-state index in [1.54, 1.807) is 0 Å². The molecule has 0 aromatic rings. The number of nitrogens with zero attached hydrogens (tertiary/aromatic N) is 2. The standard InChI is InChI=1S/C13H28N4/c1-14-13(11-4-7-16(2)8-5-11)12-10-17(3)9-6-15-12/h11-15H,4-10H2,1-3H3. The van der Waals surface area contributed by atoms with Gasteiger partial charge in [-0.1, -0.05) is 0 Å². The number of likely N-dealkylation sites (N-methyl/N-ethyl adjacent to an activating group) is 2. The maximum Gasteiger partial charge on any atom is 0.0352 e. The summed E-state index contributed by atoms with van der Waals surface area (Å²) in [6, 6.07) is 1.25. The molecule has 0 bridgehead atoms. The minimum absolute atomic E-state index is 0.618. The van der Waals surface area contributed by atoms with Crippen LogP contribution in [0.5, 0.6) is 0 Å². The number of hydrogen-bond acceptors (Lipinski definition) is 4. The fourth-order valence-corrected chi connectivity index (χ4v) is 3.33. The van der Waals surface area contributed by atoms with Gasteiger partial charge in [-0.3, -0.25) is 0 Å². The van der Waals surface area contributed by atoms with Crippen LogP contribution in [0.3, 0.4) is 0 Å². The van der Waals surface area contributed by atoms with Crippen LogP contribution in [0.25, 0.3) is 0 Å². The Morgan fingerprint density at radius 3 is 2.41 bits per heavy atom. The molecule has 0 saturated carbocycles. The van der Waals surface area contributed by atoms with Crippen molar-refractivity contribution in [3.05, 3.63) is 0 Å². The molecule has 100 valence electrons. The first-order valence-electron chi connectivity index (χ1n) is 6.98. The second-order valence-corrected chi connectivity index (χ2v) is 5.78. The Kier molecular flexibility index (Phi) is 4.79. The highest BCUT2D eigenvalue weighted by atomic mass is 15.2. The molecular weight excluding hydrogens is 212 g/mol. The molecule has 2 aliphatic rings. The molecule has 4 heteroatoms. The molecule has 4 nitrogen and oxygen atoms in total. The topological polar surface area (TPSA) is 30.5 Å². The van der Waals surface area contributed by atoms with Crippen LogP contribution in [-0.4, -0.2) is 75.8 Å². The number of piperazine rings is 1. The second kappa shape index (κ2) is 6.14. The van der Waals surface area contributed by atoms with E-state index in [2.05, 4.69) is 41.6 Å². The summed E-state index contributed by atoms with van der Waals surface area (Å²) in [6.45, 7) is 6.00. The Balaban J connectivity index is 1.90. The average Bonchev–Trinajstić information content (AvgIpc) is 2.33. The summed E-state index contributed by atoms with van der Waals surface area (Å²) in [7, 11) is 6.59. The maximum absolute atomic E-state index is 3.69. The van der Waals surface area contributed by atoms with Crippen LogP contribution < -0.4 is 10.6 Å². The molecule has 17 heavy (non-hydrogen) atoms. The van der Waals surface area contributed by atoms with E-state index in [1.165, 1.54) is 39.0 Å². The zero-order valence-electron chi connectivity index (χ0n) is 11.6. The van der Waals surface area contributed by atoms with E-state index in [0.29, 0.717) is 12.1 Å². The quantitative estimate of drug-likeness (QED) is 0.716.